The fourth-order valence-electron chi connectivity index (χ4n) is 4.91. The van der Waals surface area contributed by atoms with Gasteiger partial charge < -0.3 is 14.4 Å². The van der Waals surface area contributed by atoms with Crippen LogP contribution >= 0.6 is 0 Å². The number of pyridine rings is 1. The molecule has 0 saturated carbocycles. The van der Waals surface area contributed by atoms with Gasteiger partial charge in [-0.2, -0.15) is 13.2 Å². The highest BCUT2D eigenvalue weighted by Gasteiger charge is 2.35. The summed E-state index contributed by atoms with van der Waals surface area (Å²) in [4.78, 5) is 31.5. The lowest BCUT2D eigenvalue weighted by atomic mass is 9.85. The summed E-state index contributed by atoms with van der Waals surface area (Å²) < 4.78 is 44.8. The number of hydrogen-bond acceptors (Lipinski definition) is 4. The summed E-state index contributed by atoms with van der Waals surface area (Å²) in [6.07, 6.45) is -1.46. The highest BCUT2D eigenvalue weighted by atomic mass is 19.4. The molecule has 2 aromatic heterocycles. The van der Waals surface area contributed by atoms with Gasteiger partial charge in [0.15, 0.2) is 0 Å². The standard InChI is InChI=1S/C34H29F3N2O4/c1-21-8-11-24-6-4-5-7-28(24)30(21)31(40)39(20-27-14-15-29(43-27)34(35,36)37)19-22-9-12-23(13-10-22)25-16-26(18-38-17-25)33(2,3)32(41)42/h4-18H,19-20H2,1-3H3,(H,41,42). The summed E-state index contributed by atoms with van der Waals surface area (Å²) in [5.74, 6) is -2.41. The lowest BCUT2D eigenvalue weighted by Gasteiger charge is -2.24. The van der Waals surface area contributed by atoms with E-state index in [1.165, 1.54) is 17.2 Å². The van der Waals surface area contributed by atoms with E-state index in [-0.39, 0.29) is 24.8 Å². The summed E-state index contributed by atoms with van der Waals surface area (Å²) >= 11 is 0. The highest BCUT2D eigenvalue weighted by Crippen LogP contribution is 2.32. The Balaban J connectivity index is 1.48. The predicted octanol–water partition coefficient (Wildman–Crippen LogP) is 8.03. The quantitative estimate of drug-likeness (QED) is 0.199. The van der Waals surface area contributed by atoms with Gasteiger partial charge in [-0.15, -0.1) is 0 Å². The number of rotatable bonds is 8. The van der Waals surface area contributed by atoms with Gasteiger partial charge in [0.25, 0.3) is 5.91 Å². The van der Waals surface area contributed by atoms with Gasteiger partial charge in [0.1, 0.15) is 5.76 Å². The number of carbonyl (C=O) groups excluding carboxylic acids is 1. The Kier molecular flexibility index (Phi) is 7.84. The molecule has 6 nitrogen and oxygen atoms in total. The average Bonchev–Trinajstić information content (AvgIpc) is 3.46. The summed E-state index contributed by atoms with van der Waals surface area (Å²) in [5.41, 5.74) is 2.92. The van der Waals surface area contributed by atoms with Crippen LogP contribution in [0.4, 0.5) is 13.2 Å². The van der Waals surface area contributed by atoms with Gasteiger partial charge in [-0.1, -0.05) is 60.7 Å². The van der Waals surface area contributed by atoms with Crippen LogP contribution in [-0.4, -0.2) is 26.9 Å². The molecule has 0 radical (unpaired) electrons. The van der Waals surface area contributed by atoms with E-state index in [9.17, 15) is 27.9 Å². The second-order valence-electron chi connectivity index (χ2n) is 11.0. The topological polar surface area (TPSA) is 83.6 Å². The molecule has 0 unspecified atom stereocenters. The summed E-state index contributed by atoms with van der Waals surface area (Å²) in [6, 6.07) is 22.4. The number of aryl methyl sites for hydroxylation is 1. The van der Waals surface area contributed by atoms with Crippen molar-refractivity contribution in [2.45, 2.75) is 45.5 Å². The van der Waals surface area contributed by atoms with E-state index >= 15 is 0 Å². The largest absolute Gasteiger partial charge is 0.481 e. The van der Waals surface area contributed by atoms with Crippen LogP contribution in [0.3, 0.4) is 0 Å². The van der Waals surface area contributed by atoms with E-state index in [0.29, 0.717) is 11.1 Å². The van der Waals surface area contributed by atoms with Crippen molar-refractivity contribution < 1.29 is 32.3 Å². The molecule has 0 spiro atoms. The number of hydrogen-bond donors (Lipinski definition) is 1. The third-order valence-electron chi connectivity index (χ3n) is 7.58. The lowest BCUT2D eigenvalue weighted by molar-refractivity contribution is -0.153. The molecule has 2 heterocycles. The first-order chi connectivity index (χ1) is 20.3. The van der Waals surface area contributed by atoms with Crippen molar-refractivity contribution in [2.75, 3.05) is 0 Å². The van der Waals surface area contributed by atoms with Crippen LogP contribution in [0, 0.1) is 6.92 Å². The summed E-state index contributed by atoms with van der Waals surface area (Å²) in [5, 5.41) is 11.2. The Bertz CT molecular complexity index is 1810. The van der Waals surface area contributed by atoms with Gasteiger partial charge in [0.05, 0.1) is 17.5 Å². The van der Waals surface area contributed by atoms with Gasteiger partial charge in [0, 0.05) is 24.5 Å². The maximum atomic E-state index is 14.1. The molecule has 0 atom stereocenters. The van der Waals surface area contributed by atoms with E-state index in [1.807, 2.05) is 67.6 Å². The second kappa shape index (κ2) is 11.4. The minimum Gasteiger partial charge on any atom is -0.481 e. The first kappa shape index (κ1) is 29.6. The van der Waals surface area contributed by atoms with Crippen LogP contribution in [-0.2, 0) is 29.5 Å². The van der Waals surface area contributed by atoms with E-state index < -0.39 is 23.3 Å². The van der Waals surface area contributed by atoms with Crippen molar-refractivity contribution in [1.82, 2.24) is 9.88 Å². The number of aromatic nitrogens is 1. The first-order valence-corrected chi connectivity index (χ1v) is 13.6. The van der Waals surface area contributed by atoms with E-state index in [1.54, 1.807) is 26.1 Å². The van der Waals surface area contributed by atoms with Crippen molar-refractivity contribution >= 4 is 22.6 Å². The molecule has 220 valence electrons. The SMILES string of the molecule is Cc1ccc2ccccc2c1C(=O)N(Cc1ccc(-c2cncc(C(C)(C)C(=O)O)c2)cc1)Cc1ccc(C(F)(F)F)o1. The molecule has 5 rings (SSSR count). The smallest absolute Gasteiger partial charge is 0.449 e. The number of amides is 1. The molecule has 1 N–H and O–H groups in total. The van der Waals surface area contributed by atoms with E-state index in [0.717, 1.165) is 39.1 Å². The van der Waals surface area contributed by atoms with Gasteiger partial charge in [-0.3, -0.25) is 14.6 Å². The third kappa shape index (κ3) is 6.16. The number of halogens is 3. The molecular weight excluding hydrogens is 557 g/mol. The van der Waals surface area contributed by atoms with Crippen molar-refractivity contribution in [3.05, 3.63) is 125 Å². The van der Waals surface area contributed by atoms with Crippen LogP contribution in [0.1, 0.15) is 52.4 Å². The second-order valence-corrected chi connectivity index (χ2v) is 11.0. The van der Waals surface area contributed by atoms with Crippen LogP contribution in [0.15, 0.2) is 95.7 Å². The van der Waals surface area contributed by atoms with Crippen molar-refractivity contribution in [3.63, 3.8) is 0 Å². The van der Waals surface area contributed by atoms with Crippen molar-refractivity contribution in [3.8, 4) is 11.1 Å². The molecule has 0 saturated heterocycles. The number of carboxylic acids is 1. The third-order valence-corrected chi connectivity index (χ3v) is 7.58. The average molecular weight is 587 g/mol. The minimum absolute atomic E-state index is 0.0131. The number of carbonyl (C=O) groups is 2. The zero-order chi connectivity index (χ0) is 30.9. The Morgan fingerprint density at radius 2 is 1.60 bits per heavy atom. The maximum Gasteiger partial charge on any atom is 0.449 e. The number of fused-ring (bicyclic) bond motifs is 1. The molecule has 1 amide bonds. The highest BCUT2D eigenvalue weighted by molar-refractivity contribution is 6.08. The zero-order valence-corrected chi connectivity index (χ0v) is 23.8. The number of benzene rings is 3. The lowest BCUT2D eigenvalue weighted by Crippen LogP contribution is -2.30. The Morgan fingerprint density at radius 1 is 0.884 bits per heavy atom. The molecule has 0 aliphatic rings. The minimum atomic E-state index is -4.64. The molecule has 3 aromatic carbocycles. The van der Waals surface area contributed by atoms with Crippen LogP contribution in [0.25, 0.3) is 21.9 Å². The molecular formula is C34H29F3N2O4. The van der Waals surface area contributed by atoms with E-state index in [4.69, 9.17) is 4.42 Å². The monoisotopic (exact) mass is 586 g/mol. The molecule has 9 heteroatoms. The molecule has 5 aromatic rings. The predicted molar refractivity (Wildman–Crippen MR) is 156 cm³/mol. The molecule has 0 aliphatic heterocycles. The number of aliphatic carboxylic acids is 1. The van der Waals surface area contributed by atoms with Crippen molar-refractivity contribution in [1.29, 1.82) is 0 Å². The summed E-state index contributed by atoms with van der Waals surface area (Å²) in [7, 11) is 0. The maximum absolute atomic E-state index is 14.1. The Hall–Kier alpha value is -4.92. The van der Waals surface area contributed by atoms with Gasteiger partial charge >= 0.3 is 12.1 Å². The number of nitrogens with zero attached hydrogens (tertiary/aromatic N) is 2. The molecule has 0 bridgehead atoms. The van der Waals surface area contributed by atoms with Crippen LogP contribution in [0.5, 0.6) is 0 Å². The van der Waals surface area contributed by atoms with Crippen molar-refractivity contribution in [2.24, 2.45) is 0 Å². The zero-order valence-electron chi connectivity index (χ0n) is 23.8. The van der Waals surface area contributed by atoms with E-state index in [2.05, 4.69) is 4.98 Å². The molecule has 0 aliphatic carbocycles. The Morgan fingerprint density at radius 3 is 2.28 bits per heavy atom. The number of carboxylic acid groups (broad SMARTS) is 1. The molecule has 43 heavy (non-hydrogen) atoms. The Labute approximate surface area is 246 Å². The normalized spacial score (nSPS) is 12.0. The fraction of sp³-hybridized carbons (Fsp3) is 0.206. The number of alkyl halides is 3. The van der Waals surface area contributed by atoms with Crippen LogP contribution in [0.2, 0.25) is 0 Å². The van der Waals surface area contributed by atoms with Gasteiger partial charge in [0.2, 0.25) is 5.76 Å². The van der Waals surface area contributed by atoms with Gasteiger partial charge in [-0.25, -0.2) is 0 Å². The van der Waals surface area contributed by atoms with Crippen LogP contribution < -0.4 is 0 Å². The summed E-state index contributed by atoms with van der Waals surface area (Å²) in [6.45, 7) is 4.98. The number of furan rings is 1. The van der Waals surface area contributed by atoms with Gasteiger partial charge in [-0.05, 0) is 72.0 Å². The first-order valence-electron chi connectivity index (χ1n) is 13.6. The fourth-order valence-corrected chi connectivity index (χ4v) is 4.91. The molecule has 0 fully saturated rings.